The number of rotatable bonds is 5. The molecule has 1 unspecified atom stereocenters. The van der Waals surface area contributed by atoms with Gasteiger partial charge in [0.15, 0.2) is 9.84 Å². The summed E-state index contributed by atoms with van der Waals surface area (Å²) in [6, 6.07) is 4.35. The SMILES string of the molecule is CC(=O)N(CCC(=O)Nc1ccc(Cl)cc1Cl)C1CCS(=O)(=O)C1. The van der Waals surface area contributed by atoms with Gasteiger partial charge in [-0.2, -0.15) is 0 Å². The third-order valence-electron chi connectivity index (χ3n) is 3.84. The Morgan fingerprint density at radius 1 is 1.33 bits per heavy atom. The molecule has 0 spiro atoms. The van der Waals surface area contributed by atoms with Crippen molar-refractivity contribution in [2.45, 2.75) is 25.8 Å². The quantitative estimate of drug-likeness (QED) is 0.833. The Kier molecular flexibility index (Phi) is 6.11. The molecule has 0 radical (unpaired) electrons. The molecule has 0 bridgehead atoms. The van der Waals surface area contributed by atoms with E-state index in [9.17, 15) is 18.0 Å². The molecule has 1 atom stereocenters. The van der Waals surface area contributed by atoms with Crippen LogP contribution in [0.3, 0.4) is 0 Å². The molecule has 6 nitrogen and oxygen atoms in total. The lowest BCUT2D eigenvalue weighted by Gasteiger charge is -2.26. The maximum atomic E-state index is 12.1. The zero-order chi connectivity index (χ0) is 17.9. The summed E-state index contributed by atoms with van der Waals surface area (Å²) in [5.74, 6) is -0.522. The molecular formula is C15H18Cl2N2O4S. The number of sulfone groups is 1. The Morgan fingerprint density at radius 2 is 2.04 bits per heavy atom. The molecule has 1 fully saturated rings. The fourth-order valence-electron chi connectivity index (χ4n) is 2.64. The van der Waals surface area contributed by atoms with Crippen molar-refractivity contribution >= 4 is 50.5 Å². The molecule has 1 aliphatic rings. The minimum absolute atomic E-state index is 0.0444. The summed E-state index contributed by atoms with van der Waals surface area (Å²) in [4.78, 5) is 25.3. The Labute approximate surface area is 151 Å². The summed E-state index contributed by atoms with van der Waals surface area (Å²) in [6.45, 7) is 1.53. The lowest BCUT2D eigenvalue weighted by Crippen LogP contribution is -2.41. The van der Waals surface area contributed by atoms with E-state index in [4.69, 9.17) is 23.2 Å². The van der Waals surface area contributed by atoms with Gasteiger partial charge in [-0.15, -0.1) is 0 Å². The van der Waals surface area contributed by atoms with Gasteiger partial charge in [-0.25, -0.2) is 8.42 Å². The molecule has 0 aromatic heterocycles. The number of nitrogens with zero attached hydrogens (tertiary/aromatic N) is 1. The van der Waals surface area contributed by atoms with E-state index in [1.807, 2.05) is 0 Å². The summed E-state index contributed by atoms with van der Waals surface area (Å²) in [6.07, 6.45) is 0.460. The predicted molar refractivity (Wildman–Crippen MR) is 94.2 cm³/mol. The Morgan fingerprint density at radius 3 is 2.58 bits per heavy atom. The predicted octanol–water partition coefficient (Wildman–Crippen LogP) is 2.36. The van der Waals surface area contributed by atoms with Crippen molar-refractivity contribution in [1.29, 1.82) is 0 Å². The Hall–Kier alpha value is -1.31. The van der Waals surface area contributed by atoms with Gasteiger partial charge in [-0.05, 0) is 24.6 Å². The van der Waals surface area contributed by atoms with Crippen molar-refractivity contribution in [1.82, 2.24) is 4.90 Å². The molecule has 0 saturated carbocycles. The lowest BCUT2D eigenvalue weighted by atomic mass is 10.2. The number of nitrogens with one attached hydrogen (secondary N) is 1. The van der Waals surface area contributed by atoms with Crippen LogP contribution in [0.4, 0.5) is 5.69 Å². The highest BCUT2D eigenvalue weighted by Gasteiger charge is 2.33. The number of carbonyl (C=O) groups excluding carboxylic acids is 2. The normalized spacial score (nSPS) is 19.0. The molecule has 1 saturated heterocycles. The smallest absolute Gasteiger partial charge is 0.226 e. The highest BCUT2D eigenvalue weighted by Crippen LogP contribution is 2.25. The molecule has 1 aromatic carbocycles. The van der Waals surface area contributed by atoms with Gasteiger partial charge in [0.1, 0.15) is 0 Å². The third kappa shape index (κ3) is 5.09. The highest BCUT2D eigenvalue weighted by molar-refractivity contribution is 7.91. The van der Waals surface area contributed by atoms with Crippen LogP contribution in [0.5, 0.6) is 0 Å². The number of anilines is 1. The Bertz CT molecular complexity index is 752. The molecule has 24 heavy (non-hydrogen) atoms. The van der Waals surface area contributed by atoms with Crippen LogP contribution in [0.15, 0.2) is 18.2 Å². The Balaban J connectivity index is 1.94. The first-order valence-corrected chi connectivity index (χ1v) is 9.98. The van der Waals surface area contributed by atoms with E-state index in [-0.39, 0.29) is 42.3 Å². The lowest BCUT2D eigenvalue weighted by molar-refractivity contribution is -0.131. The fraction of sp³-hybridized carbons (Fsp3) is 0.467. The second-order valence-electron chi connectivity index (χ2n) is 5.69. The average Bonchev–Trinajstić information content (AvgIpc) is 2.82. The van der Waals surface area contributed by atoms with Crippen LogP contribution in [0, 0.1) is 0 Å². The molecule has 9 heteroatoms. The second kappa shape index (κ2) is 7.72. The van der Waals surface area contributed by atoms with Crippen molar-refractivity contribution in [2.75, 3.05) is 23.4 Å². The van der Waals surface area contributed by atoms with E-state index >= 15 is 0 Å². The van der Waals surface area contributed by atoms with Gasteiger partial charge in [-0.1, -0.05) is 23.2 Å². The van der Waals surface area contributed by atoms with Gasteiger partial charge >= 0.3 is 0 Å². The summed E-state index contributed by atoms with van der Waals surface area (Å²) in [5, 5.41) is 3.43. The van der Waals surface area contributed by atoms with Crippen molar-refractivity contribution in [2.24, 2.45) is 0 Å². The van der Waals surface area contributed by atoms with Crippen LogP contribution in [0.2, 0.25) is 10.0 Å². The molecule has 1 aliphatic heterocycles. The molecule has 2 amide bonds. The van der Waals surface area contributed by atoms with Gasteiger partial charge < -0.3 is 10.2 Å². The van der Waals surface area contributed by atoms with Gasteiger partial charge in [0, 0.05) is 31.0 Å². The minimum Gasteiger partial charge on any atom is -0.338 e. The highest BCUT2D eigenvalue weighted by atomic mass is 35.5. The topological polar surface area (TPSA) is 83.6 Å². The zero-order valence-electron chi connectivity index (χ0n) is 13.1. The van der Waals surface area contributed by atoms with Crippen LogP contribution in [0.25, 0.3) is 0 Å². The number of hydrogen-bond acceptors (Lipinski definition) is 4. The van der Waals surface area contributed by atoms with Crippen LogP contribution in [-0.2, 0) is 19.4 Å². The summed E-state index contributed by atoms with van der Waals surface area (Å²) in [7, 11) is -3.10. The van der Waals surface area contributed by atoms with E-state index in [1.54, 1.807) is 12.1 Å². The summed E-state index contributed by atoms with van der Waals surface area (Å²) >= 11 is 11.8. The molecular weight excluding hydrogens is 375 g/mol. The molecule has 1 aromatic rings. The molecule has 1 N–H and O–H groups in total. The molecule has 1 heterocycles. The van der Waals surface area contributed by atoms with Gasteiger partial charge in [0.25, 0.3) is 0 Å². The average molecular weight is 393 g/mol. The van der Waals surface area contributed by atoms with Crippen molar-refractivity contribution in [3.63, 3.8) is 0 Å². The van der Waals surface area contributed by atoms with Crippen molar-refractivity contribution in [3.05, 3.63) is 28.2 Å². The van der Waals surface area contributed by atoms with Crippen LogP contribution in [-0.4, -0.2) is 49.2 Å². The van der Waals surface area contributed by atoms with E-state index in [2.05, 4.69) is 5.32 Å². The van der Waals surface area contributed by atoms with E-state index < -0.39 is 9.84 Å². The summed E-state index contributed by atoms with van der Waals surface area (Å²) < 4.78 is 23.1. The largest absolute Gasteiger partial charge is 0.338 e. The molecule has 0 aliphatic carbocycles. The van der Waals surface area contributed by atoms with Gasteiger partial charge in [0.2, 0.25) is 11.8 Å². The summed E-state index contributed by atoms with van der Waals surface area (Å²) in [5.41, 5.74) is 0.434. The fourth-order valence-corrected chi connectivity index (χ4v) is 4.83. The third-order valence-corrected chi connectivity index (χ3v) is 6.14. The maximum Gasteiger partial charge on any atom is 0.226 e. The molecule has 132 valence electrons. The van der Waals surface area contributed by atoms with Crippen LogP contribution < -0.4 is 5.32 Å². The van der Waals surface area contributed by atoms with Gasteiger partial charge in [0.05, 0.1) is 22.2 Å². The number of halogens is 2. The van der Waals surface area contributed by atoms with E-state index in [1.165, 1.54) is 17.9 Å². The van der Waals surface area contributed by atoms with Gasteiger partial charge in [-0.3, -0.25) is 9.59 Å². The van der Waals surface area contributed by atoms with E-state index in [0.717, 1.165) is 0 Å². The molecule has 2 rings (SSSR count). The van der Waals surface area contributed by atoms with Crippen LogP contribution in [0.1, 0.15) is 19.8 Å². The van der Waals surface area contributed by atoms with Crippen molar-refractivity contribution < 1.29 is 18.0 Å². The number of hydrogen-bond donors (Lipinski definition) is 1. The minimum atomic E-state index is -3.10. The second-order valence-corrected chi connectivity index (χ2v) is 8.76. The monoisotopic (exact) mass is 392 g/mol. The number of carbonyl (C=O) groups is 2. The van der Waals surface area contributed by atoms with Crippen LogP contribution >= 0.6 is 23.2 Å². The number of benzene rings is 1. The first-order chi connectivity index (χ1) is 11.2. The zero-order valence-corrected chi connectivity index (χ0v) is 15.4. The van der Waals surface area contributed by atoms with E-state index in [0.29, 0.717) is 22.2 Å². The number of amides is 2. The maximum absolute atomic E-state index is 12.1. The first-order valence-electron chi connectivity index (χ1n) is 7.40. The first kappa shape index (κ1) is 19.0. The van der Waals surface area contributed by atoms with Crippen molar-refractivity contribution in [3.8, 4) is 0 Å². The standard InChI is InChI=1S/C15H18Cl2N2O4S/c1-10(20)19(12-5-7-24(22,23)9-12)6-4-15(21)18-14-3-2-11(16)8-13(14)17/h2-3,8,12H,4-7,9H2,1H3,(H,18,21).